The van der Waals surface area contributed by atoms with Gasteiger partial charge in [-0.05, 0) is 30.9 Å². The number of unbranched alkanes of at least 4 members (excludes halogenated alkanes) is 2. The van der Waals surface area contributed by atoms with Gasteiger partial charge in [0.05, 0.1) is 0 Å². The normalized spacial score (nSPS) is 8.94. The Hall–Kier alpha value is 0.00195. The van der Waals surface area contributed by atoms with Gasteiger partial charge < -0.3 is 5.32 Å². The van der Waals surface area contributed by atoms with Gasteiger partial charge in [-0.15, -0.1) is 0 Å². The van der Waals surface area contributed by atoms with Crippen LogP contribution >= 0.6 is 0 Å². The number of hydrogen-bond acceptors (Lipinski definition) is 2. The zero-order valence-corrected chi connectivity index (χ0v) is 16.8. The van der Waals surface area contributed by atoms with Gasteiger partial charge in [0.15, 0.2) is 0 Å². The van der Waals surface area contributed by atoms with Crippen molar-refractivity contribution in [3.05, 3.63) is 23.4 Å². The van der Waals surface area contributed by atoms with Crippen LogP contribution in [0.2, 0.25) is 0 Å². The minimum Gasteiger partial charge on any atom is -0.373 e. The number of pyridine rings is 1. The third-order valence-corrected chi connectivity index (χ3v) is 2.69. The molecule has 18 heavy (non-hydrogen) atoms. The van der Waals surface area contributed by atoms with E-state index in [1.807, 2.05) is 20.9 Å². The van der Waals surface area contributed by atoms with Crippen LogP contribution in [0.15, 0.2) is 12.1 Å². The molecule has 0 saturated heterocycles. The van der Waals surface area contributed by atoms with Crippen LogP contribution in [0.3, 0.4) is 0 Å². The number of rotatable bonds is 6. The number of nitrogens with zero attached hydrogens (tertiary/aromatic N) is 1. The summed E-state index contributed by atoms with van der Waals surface area (Å²) < 4.78 is 0. The molecule has 0 saturated carbocycles. The molecule has 0 aromatic carbocycles. The van der Waals surface area contributed by atoms with Crippen molar-refractivity contribution in [3.8, 4) is 0 Å². The van der Waals surface area contributed by atoms with E-state index < -0.39 is 0 Å². The van der Waals surface area contributed by atoms with Gasteiger partial charge in [-0.1, -0.05) is 46.6 Å². The van der Waals surface area contributed by atoms with Gasteiger partial charge in [-0.25, -0.2) is 4.98 Å². The fraction of sp³-hybridized carbons (Fsp3) is 0.667. The van der Waals surface area contributed by atoms with Crippen molar-refractivity contribution in [2.45, 2.75) is 59.8 Å². The number of aryl methyl sites for hydroxylation is 2. The van der Waals surface area contributed by atoms with Crippen molar-refractivity contribution in [1.82, 2.24) is 4.98 Å². The summed E-state index contributed by atoms with van der Waals surface area (Å²) in [6.07, 6.45) is 5.96. The van der Waals surface area contributed by atoms with Crippen LogP contribution in [-0.2, 0) is 12.8 Å². The molecule has 0 unspecified atom stereocenters. The molecule has 1 rings (SSSR count). The Bertz CT molecular complexity index is 306. The average molecular weight is 476 g/mol. The molecule has 0 amide bonds. The standard InChI is InChI=1S/C13H22N2.C2H6.U.H2/c1-4-6-7-8-12-10-9-11(5-2)13(14-3)15-12;1-2;;/h9-10H,4-8H2,1-3H3,(H,14,15);1-2H3;;1H. The Morgan fingerprint density at radius 3 is 2.33 bits per heavy atom. The van der Waals surface area contributed by atoms with Crippen molar-refractivity contribution in [3.63, 3.8) is 0 Å². The van der Waals surface area contributed by atoms with E-state index >= 15 is 0 Å². The van der Waals surface area contributed by atoms with E-state index in [2.05, 4.69) is 36.3 Å². The molecule has 0 fully saturated rings. The summed E-state index contributed by atoms with van der Waals surface area (Å²) in [7, 11) is 1.94. The second-order valence-corrected chi connectivity index (χ2v) is 3.87. The van der Waals surface area contributed by atoms with Crippen molar-refractivity contribution in [2.75, 3.05) is 12.4 Å². The van der Waals surface area contributed by atoms with Gasteiger partial charge in [0.1, 0.15) is 5.82 Å². The summed E-state index contributed by atoms with van der Waals surface area (Å²) in [5, 5.41) is 3.17. The maximum absolute atomic E-state index is 4.62. The van der Waals surface area contributed by atoms with E-state index in [1.54, 1.807) is 0 Å². The van der Waals surface area contributed by atoms with E-state index in [4.69, 9.17) is 0 Å². The zero-order chi connectivity index (χ0) is 13.1. The van der Waals surface area contributed by atoms with E-state index in [0.29, 0.717) is 0 Å². The van der Waals surface area contributed by atoms with Gasteiger partial charge >= 0.3 is 0 Å². The molecule has 0 spiro atoms. The minimum atomic E-state index is 0. The predicted octanol–water partition coefficient (Wildman–Crippen LogP) is 4.69. The molecule has 0 atom stereocenters. The Morgan fingerprint density at radius 1 is 1.17 bits per heavy atom. The Kier molecular flexibility index (Phi) is 15.2. The van der Waals surface area contributed by atoms with Gasteiger partial charge in [-0.3, -0.25) is 0 Å². The third kappa shape index (κ3) is 7.44. The Balaban J connectivity index is -0.000000609. The summed E-state index contributed by atoms with van der Waals surface area (Å²) in [6, 6.07) is 4.36. The molecule has 2 nitrogen and oxygen atoms in total. The van der Waals surface area contributed by atoms with Crippen LogP contribution < -0.4 is 5.32 Å². The van der Waals surface area contributed by atoms with E-state index in [9.17, 15) is 0 Å². The molecular weight excluding hydrogens is 446 g/mol. The molecule has 1 N–H and O–H groups in total. The monoisotopic (exact) mass is 476 g/mol. The van der Waals surface area contributed by atoms with E-state index in [-0.39, 0.29) is 32.5 Å². The molecule has 0 aliphatic carbocycles. The largest absolute Gasteiger partial charge is 0.373 e. The summed E-state index contributed by atoms with van der Waals surface area (Å²) in [5.74, 6) is 1.05. The molecule has 0 bridgehead atoms. The Labute approximate surface area is 138 Å². The maximum atomic E-state index is 4.62. The summed E-state index contributed by atoms with van der Waals surface area (Å²) in [4.78, 5) is 4.62. The molecule has 1 heterocycles. The molecule has 1 aromatic rings. The van der Waals surface area contributed by atoms with E-state index in [1.165, 1.54) is 30.5 Å². The van der Waals surface area contributed by atoms with Gasteiger partial charge in [0.2, 0.25) is 0 Å². The van der Waals surface area contributed by atoms with Crippen molar-refractivity contribution >= 4 is 5.82 Å². The molecule has 3 heteroatoms. The third-order valence-electron chi connectivity index (χ3n) is 2.69. The van der Waals surface area contributed by atoms with Gasteiger partial charge in [0, 0.05) is 45.3 Å². The molecule has 0 aliphatic rings. The second kappa shape index (κ2) is 13.4. The zero-order valence-electron chi connectivity index (χ0n) is 12.6. The van der Waals surface area contributed by atoms with Gasteiger partial charge in [0.25, 0.3) is 0 Å². The number of aromatic nitrogens is 1. The number of nitrogens with one attached hydrogen (secondary N) is 1. The van der Waals surface area contributed by atoms with E-state index in [0.717, 1.165) is 18.7 Å². The smallest absolute Gasteiger partial charge is 0.129 e. The fourth-order valence-corrected chi connectivity index (χ4v) is 1.73. The maximum Gasteiger partial charge on any atom is 0.129 e. The fourth-order valence-electron chi connectivity index (χ4n) is 1.73. The predicted molar refractivity (Wildman–Crippen MR) is 79.9 cm³/mol. The topological polar surface area (TPSA) is 24.9 Å². The van der Waals surface area contributed by atoms with Crippen LogP contribution in [0.4, 0.5) is 5.82 Å². The number of anilines is 1. The van der Waals surface area contributed by atoms with Crippen molar-refractivity contribution in [1.29, 1.82) is 0 Å². The first kappa shape index (κ1) is 20.3. The van der Waals surface area contributed by atoms with Crippen molar-refractivity contribution in [2.24, 2.45) is 0 Å². The van der Waals surface area contributed by atoms with Crippen LogP contribution in [0, 0.1) is 31.1 Å². The number of hydrogen-bond donors (Lipinski definition) is 1. The quantitative estimate of drug-likeness (QED) is 0.603. The molecule has 0 aliphatic heterocycles. The summed E-state index contributed by atoms with van der Waals surface area (Å²) in [5.41, 5.74) is 2.52. The molecule has 1 aromatic heterocycles. The SMILES string of the molecule is CC.CCCCCc1ccc(CC)c(NC)n1.[HH].[U]. The van der Waals surface area contributed by atoms with Crippen LogP contribution in [0.5, 0.6) is 0 Å². The minimum absolute atomic E-state index is 0. The second-order valence-electron chi connectivity index (χ2n) is 3.87. The first-order valence-electron chi connectivity index (χ1n) is 6.98. The van der Waals surface area contributed by atoms with Crippen LogP contribution in [0.1, 0.15) is 59.6 Å². The van der Waals surface area contributed by atoms with Gasteiger partial charge in [-0.2, -0.15) is 0 Å². The first-order chi connectivity index (χ1) is 8.31. The Morgan fingerprint density at radius 2 is 1.83 bits per heavy atom. The summed E-state index contributed by atoms with van der Waals surface area (Å²) in [6.45, 7) is 8.39. The molecular formula is C15H30N2U. The van der Waals surface area contributed by atoms with Crippen LogP contribution in [-0.4, -0.2) is 12.0 Å². The molecule has 0 radical (unpaired) electrons. The van der Waals surface area contributed by atoms with Crippen LogP contribution in [0.25, 0.3) is 0 Å². The summed E-state index contributed by atoms with van der Waals surface area (Å²) >= 11 is 0. The molecule has 104 valence electrons. The average Bonchev–Trinajstić information content (AvgIpc) is 2.41. The first-order valence-corrected chi connectivity index (χ1v) is 6.98. The van der Waals surface area contributed by atoms with Crippen molar-refractivity contribution < 1.29 is 32.5 Å².